The summed E-state index contributed by atoms with van der Waals surface area (Å²) in [5.74, 6) is -0.194. The third-order valence-corrected chi connectivity index (χ3v) is 5.43. The van der Waals surface area contributed by atoms with E-state index in [9.17, 15) is 9.59 Å². The number of carbonyl (C=O) groups excluding carboxylic acids is 2. The molecule has 0 aromatic heterocycles. The number of hydrogen-bond acceptors (Lipinski definition) is 4. The van der Waals surface area contributed by atoms with Gasteiger partial charge >= 0.3 is 0 Å². The van der Waals surface area contributed by atoms with E-state index in [1.807, 2.05) is 24.3 Å². The van der Waals surface area contributed by atoms with Crippen molar-refractivity contribution >= 4 is 23.2 Å². The largest absolute Gasteiger partial charge is 0.378 e. The van der Waals surface area contributed by atoms with Crippen molar-refractivity contribution in [1.82, 2.24) is 5.32 Å². The van der Waals surface area contributed by atoms with E-state index in [1.54, 1.807) is 4.90 Å². The summed E-state index contributed by atoms with van der Waals surface area (Å²) in [4.78, 5) is 28.8. The number of nitrogens with one attached hydrogen (secondary N) is 1. The normalized spacial score (nSPS) is 18.6. The Hall–Kier alpha value is -2.08. The molecule has 27 heavy (non-hydrogen) atoms. The minimum absolute atomic E-state index is 0.0627. The summed E-state index contributed by atoms with van der Waals surface area (Å²) in [5.41, 5.74) is 1.78. The van der Waals surface area contributed by atoms with Gasteiger partial charge in [0, 0.05) is 26.1 Å². The molecule has 2 aliphatic rings. The van der Waals surface area contributed by atoms with Gasteiger partial charge in [-0.25, -0.2) is 0 Å². The molecule has 1 aliphatic carbocycles. The number of amides is 2. The highest BCUT2D eigenvalue weighted by Crippen LogP contribution is 2.30. The van der Waals surface area contributed by atoms with E-state index < -0.39 is 0 Å². The average molecular weight is 373 g/mol. The smallest absolute Gasteiger partial charge is 0.240 e. The first-order valence-corrected chi connectivity index (χ1v) is 10.1. The zero-order valence-electron chi connectivity index (χ0n) is 16.3. The second-order valence-electron chi connectivity index (χ2n) is 7.45. The standard InChI is InChI=1S/C21H31N3O3/c1-17(25)24(16-21(26)22-18-8-4-2-3-5-9-18)20-11-7-6-10-19(20)23-12-14-27-15-13-23/h6-7,10-11,18H,2-5,8-9,12-16H2,1H3,(H,22,26). The molecule has 1 aliphatic heterocycles. The predicted molar refractivity (Wildman–Crippen MR) is 107 cm³/mol. The van der Waals surface area contributed by atoms with E-state index in [0.717, 1.165) is 37.3 Å². The molecule has 2 amide bonds. The molecule has 6 nitrogen and oxygen atoms in total. The van der Waals surface area contributed by atoms with E-state index in [4.69, 9.17) is 4.74 Å². The number of hydrogen-bond donors (Lipinski definition) is 1. The van der Waals surface area contributed by atoms with Gasteiger partial charge in [0.15, 0.2) is 0 Å². The summed E-state index contributed by atoms with van der Waals surface area (Å²) in [6, 6.07) is 8.06. The molecule has 0 bridgehead atoms. The van der Waals surface area contributed by atoms with E-state index in [-0.39, 0.29) is 24.4 Å². The fraction of sp³-hybridized carbons (Fsp3) is 0.619. The molecule has 2 fully saturated rings. The van der Waals surface area contributed by atoms with Gasteiger partial charge in [0.1, 0.15) is 6.54 Å². The van der Waals surface area contributed by atoms with Gasteiger partial charge in [-0.05, 0) is 25.0 Å². The highest BCUT2D eigenvalue weighted by Gasteiger charge is 2.23. The number of morpholine rings is 1. The lowest BCUT2D eigenvalue weighted by atomic mass is 10.1. The van der Waals surface area contributed by atoms with Crippen LogP contribution in [0.15, 0.2) is 24.3 Å². The summed E-state index contributed by atoms with van der Waals surface area (Å²) in [7, 11) is 0. The Morgan fingerprint density at radius 1 is 1.11 bits per heavy atom. The van der Waals surface area contributed by atoms with Crippen molar-refractivity contribution in [2.24, 2.45) is 0 Å². The molecule has 1 saturated heterocycles. The average Bonchev–Trinajstić information content (AvgIpc) is 2.95. The van der Waals surface area contributed by atoms with Crippen LogP contribution in [0.1, 0.15) is 45.4 Å². The van der Waals surface area contributed by atoms with E-state index in [1.165, 1.54) is 32.6 Å². The summed E-state index contributed by atoms with van der Waals surface area (Å²) >= 11 is 0. The van der Waals surface area contributed by atoms with Crippen molar-refractivity contribution in [3.63, 3.8) is 0 Å². The maximum atomic E-state index is 12.7. The van der Waals surface area contributed by atoms with Crippen molar-refractivity contribution < 1.29 is 14.3 Å². The lowest BCUT2D eigenvalue weighted by molar-refractivity contribution is -0.123. The van der Waals surface area contributed by atoms with Crippen molar-refractivity contribution in [1.29, 1.82) is 0 Å². The Bertz CT molecular complexity index is 635. The van der Waals surface area contributed by atoms with Crippen LogP contribution >= 0.6 is 0 Å². The summed E-state index contributed by atoms with van der Waals surface area (Å²) in [5, 5.41) is 3.15. The minimum Gasteiger partial charge on any atom is -0.378 e. The predicted octanol–water partition coefficient (Wildman–Crippen LogP) is 2.72. The van der Waals surface area contributed by atoms with Gasteiger partial charge in [-0.3, -0.25) is 9.59 Å². The molecule has 0 spiro atoms. The van der Waals surface area contributed by atoms with Gasteiger partial charge in [0.25, 0.3) is 0 Å². The van der Waals surface area contributed by atoms with Crippen LogP contribution in [0.4, 0.5) is 11.4 Å². The number of ether oxygens (including phenoxy) is 1. The van der Waals surface area contributed by atoms with E-state index in [2.05, 4.69) is 10.2 Å². The van der Waals surface area contributed by atoms with Gasteiger partial charge in [-0.15, -0.1) is 0 Å². The molecular weight excluding hydrogens is 342 g/mol. The van der Waals surface area contributed by atoms with Crippen molar-refractivity contribution in [2.45, 2.75) is 51.5 Å². The van der Waals surface area contributed by atoms with Crippen LogP contribution in [-0.2, 0) is 14.3 Å². The molecule has 0 radical (unpaired) electrons. The second-order valence-corrected chi connectivity index (χ2v) is 7.45. The van der Waals surface area contributed by atoms with Gasteiger partial charge in [0.05, 0.1) is 24.6 Å². The first kappa shape index (κ1) is 19.7. The summed E-state index contributed by atoms with van der Waals surface area (Å²) in [6.45, 7) is 4.52. The molecular formula is C21H31N3O3. The van der Waals surface area contributed by atoms with Crippen LogP contribution < -0.4 is 15.1 Å². The van der Waals surface area contributed by atoms with Crippen LogP contribution in [0.3, 0.4) is 0 Å². The topological polar surface area (TPSA) is 61.9 Å². The van der Waals surface area contributed by atoms with Crippen LogP contribution in [0, 0.1) is 0 Å². The van der Waals surface area contributed by atoms with Gasteiger partial charge < -0.3 is 19.9 Å². The fourth-order valence-electron chi connectivity index (χ4n) is 3.97. The number of benzene rings is 1. The van der Waals surface area contributed by atoms with Gasteiger partial charge in [0.2, 0.25) is 11.8 Å². The minimum atomic E-state index is -0.119. The first-order valence-electron chi connectivity index (χ1n) is 10.1. The molecule has 6 heteroatoms. The summed E-state index contributed by atoms with van der Waals surface area (Å²) < 4.78 is 5.44. The molecule has 0 unspecified atom stereocenters. The highest BCUT2D eigenvalue weighted by atomic mass is 16.5. The quantitative estimate of drug-likeness (QED) is 0.806. The van der Waals surface area contributed by atoms with Crippen molar-refractivity contribution in [2.75, 3.05) is 42.6 Å². The fourth-order valence-corrected chi connectivity index (χ4v) is 3.97. The SMILES string of the molecule is CC(=O)N(CC(=O)NC1CCCCCC1)c1ccccc1N1CCOCC1. The number of anilines is 2. The van der Waals surface area contributed by atoms with E-state index >= 15 is 0 Å². The van der Waals surface area contributed by atoms with Gasteiger partial charge in [-0.2, -0.15) is 0 Å². The Balaban J connectivity index is 1.71. The molecule has 1 aromatic rings. The Morgan fingerprint density at radius 3 is 2.44 bits per heavy atom. The lowest BCUT2D eigenvalue weighted by Crippen LogP contribution is -2.44. The Kier molecular flexibility index (Phi) is 7.10. The summed E-state index contributed by atoms with van der Waals surface area (Å²) in [6.07, 6.45) is 6.91. The maximum Gasteiger partial charge on any atom is 0.240 e. The van der Waals surface area contributed by atoms with Crippen LogP contribution in [-0.4, -0.2) is 50.7 Å². The zero-order chi connectivity index (χ0) is 19.1. The molecule has 3 rings (SSSR count). The van der Waals surface area contributed by atoms with Crippen molar-refractivity contribution in [3.05, 3.63) is 24.3 Å². The molecule has 0 atom stereocenters. The zero-order valence-corrected chi connectivity index (χ0v) is 16.3. The Labute approximate surface area is 161 Å². The number of nitrogens with zero attached hydrogens (tertiary/aromatic N) is 2. The Morgan fingerprint density at radius 2 is 1.78 bits per heavy atom. The lowest BCUT2D eigenvalue weighted by Gasteiger charge is -2.33. The number of para-hydroxylation sites is 2. The van der Waals surface area contributed by atoms with Crippen LogP contribution in [0.25, 0.3) is 0 Å². The molecule has 148 valence electrons. The first-order chi connectivity index (χ1) is 13.1. The van der Waals surface area contributed by atoms with E-state index in [0.29, 0.717) is 13.2 Å². The van der Waals surface area contributed by atoms with Gasteiger partial charge in [-0.1, -0.05) is 37.8 Å². The highest BCUT2D eigenvalue weighted by molar-refractivity contribution is 6.00. The molecule has 1 heterocycles. The molecule has 1 saturated carbocycles. The van der Waals surface area contributed by atoms with Crippen LogP contribution in [0.5, 0.6) is 0 Å². The van der Waals surface area contributed by atoms with Crippen LogP contribution in [0.2, 0.25) is 0 Å². The monoisotopic (exact) mass is 373 g/mol. The number of rotatable bonds is 5. The third kappa shape index (κ3) is 5.45. The number of carbonyl (C=O) groups is 2. The molecule has 1 aromatic carbocycles. The third-order valence-electron chi connectivity index (χ3n) is 5.43. The maximum absolute atomic E-state index is 12.7. The molecule has 1 N–H and O–H groups in total. The van der Waals surface area contributed by atoms with Crippen molar-refractivity contribution in [3.8, 4) is 0 Å². The second kappa shape index (κ2) is 9.74.